The first kappa shape index (κ1) is 25.6. The summed E-state index contributed by atoms with van der Waals surface area (Å²) in [6, 6.07) is 9.14. The highest BCUT2D eigenvalue weighted by Crippen LogP contribution is 2.22. The maximum Gasteiger partial charge on any atom is 0.270 e. The van der Waals surface area contributed by atoms with Gasteiger partial charge in [0, 0.05) is 43.0 Å². The van der Waals surface area contributed by atoms with Crippen molar-refractivity contribution in [1.82, 2.24) is 14.8 Å². The molecular formula is C23H28N6O3S2. The molecule has 0 radical (unpaired) electrons. The molecule has 1 atom stereocenters. The number of anilines is 2. The van der Waals surface area contributed by atoms with Crippen molar-refractivity contribution in [2.24, 2.45) is 0 Å². The lowest BCUT2D eigenvalue weighted by atomic mass is 10.2. The van der Waals surface area contributed by atoms with Gasteiger partial charge in [-0.3, -0.25) is 23.9 Å². The molecular weight excluding hydrogens is 472 g/mol. The summed E-state index contributed by atoms with van der Waals surface area (Å²) in [4.78, 5) is 39.6. The van der Waals surface area contributed by atoms with Gasteiger partial charge >= 0.3 is 0 Å². The van der Waals surface area contributed by atoms with E-state index >= 15 is 0 Å². The van der Waals surface area contributed by atoms with E-state index in [1.165, 1.54) is 4.57 Å². The van der Waals surface area contributed by atoms with E-state index < -0.39 is 5.91 Å². The second-order valence-electron chi connectivity index (χ2n) is 7.53. The maximum atomic E-state index is 12.8. The van der Waals surface area contributed by atoms with E-state index in [1.54, 1.807) is 38.2 Å². The Morgan fingerprint density at radius 2 is 2.06 bits per heavy atom. The summed E-state index contributed by atoms with van der Waals surface area (Å²) in [6.45, 7) is 7.61. The van der Waals surface area contributed by atoms with Gasteiger partial charge in [0.05, 0.1) is 11.9 Å². The normalized spacial score (nSPS) is 17.2. The van der Waals surface area contributed by atoms with E-state index in [9.17, 15) is 19.6 Å². The number of amides is 2. The average Bonchev–Trinajstić information content (AvgIpc) is 3.35. The van der Waals surface area contributed by atoms with Crippen molar-refractivity contribution in [1.29, 1.82) is 5.26 Å². The van der Waals surface area contributed by atoms with Gasteiger partial charge in [-0.25, -0.2) is 0 Å². The highest BCUT2D eigenvalue weighted by molar-refractivity contribution is 8.00. The fourth-order valence-corrected chi connectivity index (χ4v) is 5.65. The SMILES string of the molecule is CCNC(=O)/C(C#N)=c1\s/c(=C/Nc2cccc(NC(=O)CN3CCSC3C)c2)c(=O)n1CC. The topological polar surface area (TPSA) is 119 Å². The Morgan fingerprint density at radius 3 is 2.71 bits per heavy atom. The first-order valence-corrected chi connectivity index (χ1v) is 12.9. The summed E-state index contributed by atoms with van der Waals surface area (Å²) in [7, 11) is 0. The van der Waals surface area contributed by atoms with Crippen molar-refractivity contribution >= 4 is 58.1 Å². The van der Waals surface area contributed by atoms with Crippen molar-refractivity contribution in [3.8, 4) is 6.07 Å². The lowest BCUT2D eigenvalue weighted by molar-refractivity contribution is -0.117. The summed E-state index contributed by atoms with van der Waals surface area (Å²) in [5.74, 6) is 0.456. The van der Waals surface area contributed by atoms with Gasteiger partial charge in [-0.2, -0.15) is 5.26 Å². The summed E-state index contributed by atoms with van der Waals surface area (Å²) < 4.78 is 2.11. The molecule has 1 saturated heterocycles. The number of rotatable bonds is 8. The number of hydrogen-bond acceptors (Lipinski definition) is 8. The zero-order valence-electron chi connectivity index (χ0n) is 19.4. The largest absolute Gasteiger partial charge is 0.360 e. The number of aromatic nitrogens is 1. The highest BCUT2D eigenvalue weighted by atomic mass is 32.2. The lowest BCUT2D eigenvalue weighted by Gasteiger charge is -2.19. The number of carbonyl (C=O) groups is 2. The number of hydrogen-bond donors (Lipinski definition) is 3. The summed E-state index contributed by atoms with van der Waals surface area (Å²) >= 11 is 2.92. The van der Waals surface area contributed by atoms with Crippen LogP contribution in [0.5, 0.6) is 0 Å². The summed E-state index contributed by atoms with van der Waals surface area (Å²) in [5, 5.41) is 18.4. The van der Waals surface area contributed by atoms with Gasteiger partial charge < -0.3 is 16.0 Å². The average molecular weight is 501 g/mol. The molecule has 1 unspecified atom stereocenters. The predicted molar refractivity (Wildman–Crippen MR) is 138 cm³/mol. The zero-order chi connectivity index (χ0) is 24.7. The van der Waals surface area contributed by atoms with Crippen LogP contribution in [-0.4, -0.2) is 52.0 Å². The number of thioether (sulfide) groups is 1. The third-order valence-corrected chi connectivity index (χ3v) is 7.56. The Morgan fingerprint density at radius 1 is 1.29 bits per heavy atom. The van der Waals surface area contributed by atoms with Crippen LogP contribution in [0.2, 0.25) is 0 Å². The molecule has 1 fully saturated rings. The second kappa shape index (κ2) is 11.9. The van der Waals surface area contributed by atoms with Gasteiger partial charge in [0.25, 0.3) is 11.5 Å². The molecule has 3 N–H and O–H groups in total. The Kier molecular flexibility index (Phi) is 8.92. The molecule has 0 aliphatic carbocycles. The molecule has 11 heteroatoms. The first-order valence-electron chi connectivity index (χ1n) is 11.0. The number of thiazole rings is 1. The van der Waals surface area contributed by atoms with Crippen LogP contribution in [0.15, 0.2) is 29.1 Å². The third-order valence-electron chi connectivity index (χ3n) is 5.23. The van der Waals surface area contributed by atoms with Gasteiger partial charge in [-0.1, -0.05) is 6.07 Å². The summed E-state index contributed by atoms with van der Waals surface area (Å²) in [6.07, 6.45) is 1.56. The van der Waals surface area contributed by atoms with Crippen LogP contribution in [0, 0.1) is 11.3 Å². The summed E-state index contributed by atoms with van der Waals surface area (Å²) in [5.41, 5.74) is 0.973. The molecule has 9 nitrogen and oxygen atoms in total. The van der Waals surface area contributed by atoms with Gasteiger partial charge in [0.2, 0.25) is 5.91 Å². The number of carbonyl (C=O) groups excluding carboxylic acids is 2. The van der Waals surface area contributed by atoms with E-state index in [0.717, 1.165) is 23.6 Å². The minimum Gasteiger partial charge on any atom is -0.360 e. The van der Waals surface area contributed by atoms with Gasteiger partial charge in [-0.15, -0.1) is 23.1 Å². The van der Waals surface area contributed by atoms with Crippen LogP contribution in [0.3, 0.4) is 0 Å². The fourth-order valence-electron chi connectivity index (χ4n) is 3.49. The molecule has 1 aromatic carbocycles. The number of nitriles is 1. The molecule has 34 heavy (non-hydrogen) atoms. The van der Waals surface area contributed by atoms with Crippen molar-refractivity contribution in [2.75, 3.05) is 36.0 Å². The third kappa shape index (κ3) is 6.08. The maximum absolute atomic E-state index is 12.8. The molecule has 0 spiro atoms. The number of nitrogens with zero attached hydrogens (tertiary/aromatic N) is 3. The van der Waals surface area contributed by atoms with Crippen LogP contribution < -0.4 is 30.7 Å². The molecule has 2 heterocycles. The van der Waals surface area contributed by atoms with E-state index in [2.05, 4.69) is 27.8 Å². The van der Waals surface area contributed by atoms with E-state index in [0.29, 0.717) is 45.6 Å². The molecule has 3 rings (SSSR count). The Balaban J connectivity index is 1.81. The quantitative estimate of drug-likeness (QED) is 0.493. The van der Waals surface area contributed by atoms with Crippen LogP contribution in [-0.2, 0) is 16.1 Å². The van der Waals surface area contributed by atoms with Crippen LogP contribution in [0.4, 0.5) is 11.4 Å². The molecule has 1 aliphatic rings. The van der Waals surface area contributed by atoms with Crippen LogP contribution in [0.25, 0.3) is 11.8 Å². The van der Waals surface area contributed by atoms with Crippen molar-refractivity contribution in [3.05, 3.63) is 43.8 Å². The van der Waals surface area contributed by atoms with Crippen molar-refractivity contribution in [2.45, 2.75) is 32.7 Å². The van der Waals surface area contributed by atoms with Crippen molar-refractivity contribution in [3.63, 3.8) is 0 Å². The zero-order valence-corrected chi connectivity index (χ0v) is 21.0. The van der Waals surface area contributed by atoms with Crippen LogP contribution in [0.1, 0.15) is 20.8 Å². The van der Waals surface area contributed by atoms with Crippen molar-refractivity contribution < 1.29 is 9.59 Å². The molecule has 1 aromatic heterocycles. The minimum absolute atomic E-state index is 0.0749. The van der Waals surface area contributed by atoms with Crippen LogP contribution >= 0.6 is 23.1 Å². The molecule has 180 valence electrons. The molecule has 2 amide bonds. The van der Waals surface area contributed by atoms with Gasteiger partial charge in [-0.05, 0) is 39.0 Å². The number of nitrogens with one attached hydrogen (secondary N) is 3. The first-order chi connectivity index (χ1) is 16.4. The molecule has 1 aliphatic heterocycles. The second-order valence-corrected chi connectivity index (χ2v) is 9.98. The van der Waals surface area contributed by atoms with E-state index in [4.69, 9.17) is 0 Å². The smallest absolute Gasteiger partial charge is 0.270 e. The lowest BCUT2D eigenvalue weighted by Crippen LogP contribution is -2.34. The monoisotopic (exact) mass is 500 g/mol. The molecule has 2 aromatic rings. The molecule has 0 saturated carbocycles. The Bertz CT molecular complexity index is 1280. The predicted octanol–water partition coefficient (Wildman–Crippen LogP) is 0.923. The van der Waals surface area contributed by atoms with E-state index in [-0.39, 0.29) is 17.0 Å². The standard InChI is InChI=1S/C23H28N6O3S2/c1-4-25-21(31)18(12-24)23-29(5-2)22(32)19(34-23)13-26-16-7-6-8-17(11-16)27-20(30)14-28-9-10-33-15(28)3/h6-8,11,13,15,26H,4-5,9-10,14H2,1-3H3,(H,25,31)(H,27,30)/b19-13+,23-18-. The minimum atomic E-state index is -0.502. The van der Waals surface area contributed by atoms with Gasteiger partial charge in [0.15, 0.2) is 5.57 Å². The number of benzene rings is 1. The Hall–Kier alpha value is -3.07. The highest BCUT2D eigenvalue weighted by Gasteiger charge is 2.22. The van der Waals surface area contributed by atoms with Gasteiger partial charge in [0.1, 0.15) is 15.3 Å². The fraction of sp³-hybridized carbons (Fsp3) is 0.391. The Labute approximate surface area is 206 Å². The molecule has 0 bridgehead atoms. The van der Waals surface area contributed by atoms with E-state index in [1.807, 2.05) is 23.9 Å².